The molecule has 0 aromatic heterocycles. The fourth-order valence-electron chi connectivity index (χ4n) is 4.12. The topological polar surface area (TPSA) is 35.5 Å². The maximum Gasteiger partial charge on any atom is 0.343 e. The summed E-state index contributed by atoms with van der Waals surface area (Å²) in [6, 6.07) is 25.3. The lowest BCUT2D eigenvalue weighted by molar-refractivity contribution is 0.0734. The summed E-state index contributed by atoms with van der Waals surface area (Å²) >= 11 is 0. The van der Waals surface area contributed by atoms with E-state index in [0.29, 0.717) is 11.3 Å². The van der Waals surface area contributed by atoms with Gasteiger partial charge in [-0.1, -0.05) is 81.3 Å². The molecule has 4 heteroatoms. The van der Waals surface area contributed by atoms with Crippen molar-refractivity contribution in [1.82, 2.24) is 0 Å². The fourth-order valence-corrected chi connectivity index (χ4v) is 5.43. The van der Waals surface area contributed by atoms with E-state index < -0.39 is 8.07 Å². The number of esters is 1. The summed E-state index contributed by atoms with van der Waals surface area (Å²) < 4.78 is 10.8. The van der Waals surface area contributed by atoms with E-state index in [4.69, 9.17) is 9.47 Å². The van der Waals surface area contributed by atoms with Crippen molar-refractivity contribution in [2.75, 3.05) is 7.11 Å². The predicted octanol–water partition coefficient (Wildman–Crippen LogP) is 8.14. The molecule has 0 amide bonds. The molecule has 3 rings (SSSR count). The number of carbonyl (C=O) groups excluding carboxylic acids is 1. The predicted molar refractivity (Wildman–Crippen MR) is 149 cm³/mol. The van der Waals surface area contributed by atoms with Gasteiger partial charge in [-0.15, -0.1) is 0 Å². The first kappa shape index (κ1) is 26.7. The molecule has 0 radical (unpaired) electrons. The zero-order valence-electron chi connectivity index (χ0n) is 21.8. The van der Waals surface area contributed by atoms with E-state index in [0.717, 1.165) is 25.0 Å². The lowest BCUT2D eigenvalue weighted by Gasteiger charge is -2.14. The highest BCUT2D eigenvalue weighted by Crippen LogP contribution is 2.19. The molecule has 0 heterocycles. The molecule has 0 aliphatic rings. The quantitative estimate of drug-likeness (QED) is 0.105. The molecule has 186 valence electrons. The van der Waals surface area contributed by atoms with Crippen LogP contribution in [0.3, 0.4) is 0 Å². The van der Waals surface area contributed by atoms with Crippen LogP contribution in [0.1, 0.15) is 52.7 Å². The monoisotopic (exact) mass is 488 g/mol. The molecule has 0 aliphatic carbocycles. The van der Waals surface area contributed by atoms with E-state index >= 15 is 0 Å². The highest BCUT2D eigenvalue weighted by molar-refractivity contribution is 6.76. The van der Waals surface area contributed by atoms with Crippen molar-refractivity contribution in [3.8, 4) is 11.5 Å². The van der Waals surface area contributed by atoms with Gasteiger partial charge in [0.05, 0.1) is 12.7 Å². The third-order valence-corrected chi connectivity index (χ3v) is 8.18. The highest BCUT2D eigenvalue weighted by atomic mass is 28.3. The molecule has 0 saturated heterocycles. The van der Waals surface area contributed by atoms with Crippen molar-refractivity contribution >= 4 is 14.0 Å². The zero-order chi connectivity index (χ0) is 25.1. The van der Waals surface area contributed by atoms with E-state index in [9.17, 15) is 4.79 Å². The third-order valence-electron chi connectivity index (χ3n) is 6.33. The zero-order valence-corrected chi connectivity index (χ0v) is 22.8. The van der Waals surface area contributed by atoms with Crippen LogP contribution >= 0.6 is 0 Å². The molecule has 0 bridgehead atoms. The molecule has 0 aliphatic heterocycles. The summed E-state index contributed by atoms with van der Waals surface area (Å²) in [5.74, 6) is 1.14. The maximum atomic E-state index is 12.6. The molecular formula is C31H40O3Si. The van der Waals surface area contributed by atoms with Crippen molar-refractivity contribution in [3.63, 3.8) is 0 Å². The first-order valence-corrected chi connectivity index (χ1v) is 16.6. The van der Waals surface area contributed by atoms with E-state index in [1.54, 1.807) is 7.11 Å². The number of hydrogen-bond donors (Lipinski definition) is 0. The molecule has 0 unspecified atom stereocenters. The smallest absolute Gasteiger partial charge is 0.343 e. The Morgan fingerprint density at radius 2 is 1.11 bits per heavy atom. The number of unbranched alkanes of at least 4 members (excludes halogenated alkanes) is 3. The van der Waals surface area contributed by atoms with Crippen molar-refractivity contribution in [3.05, 3.63) is 95.1 Å². The summed E-state index contributed by atoms with van der Waals surface area (Å²) in [5.41, 5.74) is 4.36. The minimum absolute atomic E-state index is 0.311. The minimum Gasteiger partial charge on any atom is -0.497 e. The summed E-state index contributed by atoms with van der Waals surface area (Å²) in [7, 11) is 0.781. The van der Waals surface area contributed by atoms with Gasteiger partial charge in [0.15, 0.2) is 0 Å². The van der Waals surface area contributed by atoms with Crippen LogP contribution in [0.2, 0.25) is 25.7 Å². The highest BCUT2D eigenvalue weighted by Gasteiger charge is 2.12. The summed E-state index contributed by atoms with van der Waals surface area (Å²) in [6.07, 6.45) is 8.14. The van der Waals surface area contributed by atoms with Crippen LogP contribution in [-0.2, 0) is 19.3 Å². The Balaban J connectivity index is 1.40. The van der Waals surface area contributed by atoms with Crippen LogP contribution in [0.4, 0.5) is 0 Å². The number of ether oxygens (including phenoxy) is 2. The molecule has 3 nitrogen and oxygen atoms in total. The Kier molecular flexibility index (Phi) is 10.2. The summed E-state index contributed by atoms with van der Waals surface area (Å²) in [6.45, 7) is 7.33. The standard InChI is InChI=1S/C31H40O3Si/c1-33-29-20-14-26(15-21-29)10-11-27-16-22-30(23-17-27)34-31(32)28-18-12-25(13-19-28)9-7-5-6-8-24-35(2,3)4/h12-23H,5-11,24H2,1-4H3. The van der Waals surface area contributed by atoms with Crippen LogP contribution in [0.15, 0.2) is 72.8 Å². The van der Waals surface area contributed by atoms with Crippen LogP contribution in [-0.4, -0.2) is 21.2 Å². The van der Waals surface area contributed by atoms with Crippen LogP contribution in [0.5, 0.6) is 11.5 Å². The lowest BCUT2D eigenvalue weighted by atomic mass is 10.0. The van der Waals surface area contributed by atoms with Gasteiger partial charge in [0.2, 0.25) is 0 Å². The maximum absolute atomic E-state index is 12.6. The number of carbonyl (C=O) groups is 1. The molecule has 0 N–H and O–H groups in total. The van der Waals surface area contributed by atoms with Gasteiger partial charge in [-0.25, -0.2) is 4.79 Å². The molecule has 3 aromatic carbocycles. The van der Waals surface area contributed by atoms with Gasteiger partial charge in [-0.3, -0.25) is 0 Å². The number of aryl methyl sites for hydroxylation is 3. The van der Waals surface area contributed by atoms with Gasteiger partial charge in [-0.2, -0.15) is 0 Å². The Morgan fingerprint density at radius 3 is 1.66 bits per heavy atom. The second-order valence-electron chi connectivity index (χ2n) is 10.6. The number of methoxy groups -OCH3 is 1. The van der Waals surface area contributed by atoms with Crippen LogP contribution in [0.25, 0.3) is 0 Å². The second-order valence-corrected chi connectivity index (χ2v) is 16.2. The molecule has 0 atom stereocenters. The molecule has 35 heavy (non-hydrogen) atoms. The fraction of sp³-hybridized carbons (Fsp3) is 0.387. The summed E-state index contributed by atoms with van der Waals surface area (Å²) in [5, 5.41) is 0. The van der Waals surface area contributed by atoms with Gasteiger partial charge in [0, 0.05) is 8.07 Å². The normalized spacial score (nSPS) is 11.3. The van der Waals surface area contributed by atoms with Gasteiger partial charge >= 0.3 is 5.97 Å². The third kappa shape index (κ3) is 9.73. The number of rotatable bonds is 13. The van der Waals surface area contributed by atoms with Crippen LogP contribution in [0, 0.1) is 0 Å². The minimum atomic E-state index is -0.897. The number of benzene rings is 3. The Bertz CT molecular complexity index is 1030. The molecule has 0 spiro atoms. The van der Waals surface area contributed by atoms with Gasteiger partial charge in [0.1, 0.15) is 11.5 Å². The molecular weight excluding hydrogens is 448 g/mol. The first-order valence-electron chi connectivity index (χ1n) is 12.9. The summed E-state index contributed by atoms with van der Waals surface area (Å²) in [4.78, 5) is 12.6. The van der Waals surface area contributed by atoms with E-state index in [1.165, 1.54) is 48.4 Å². The van der Waals surface area contributed by atoms with Gasteiger partial charge in [-0.05, 0) is 78.8 Å². The Morgan fingerprint density at radius 1 is 0.629 bits per heavy atom. The van der Waals surface area contributed by atoms with Crippen LogP contribution < -0.4 is 9.47 Å². The number of hydrogen-bond acceptors (Lipinski definition) is 3. The average molecular weight is 489 g/mol. The van der Waals surface area contributed by atoms with Crippen molar-refractivity contribution < 1.29 is 14.3 Å². The first-order chi connectivity index (χ1) is 16.8. The Labute approximate surface area is 212 Å². The molecule has 0 fully saturated rings. The van der Waals surface area contributed by atoms with E-state index in [1.807, 2.05) is 48.5 Å². The SMILES string of the molecule is COc1ccc(CCc2ccc(OC(=O)c3ccc(CCCCCC[Si](C)(C)C)cc3)cc2)cc1. The van der Waals surface area contributed by atoms with Crippen molar-refractivity contribution in [1.29, 1.82) is 0 Å². The van der Waals surface area contributed by atoms with Crippen molar-refractivity contribution in [2.45, 2.75) is 70.6 Å². The second kappa shape index (κ2) is 13.3. The van der Waals surface area contributed by atoms with Crippen molar-refractivity contribution in [2.24, 2.45) is 0 Å². The Hall–Kier alpha value is -2.85. The van der Waals surface area contributed by atoms with Gasteiger partial charge in [0.25, 0.3) is 0 Å². The van der Waals surface area contributed by atoms with Gasteiger partial charge < -0.3 is 9.47 Å². The molecule has 3 aromatic rings. The van der Waals surface area contributed by atoms with E-state index in [2.05, 4.69) is 43.9 Å². The van der Waals surface area contributed by atoms with E-state index in [-0.39, 0.29) is 5.97 Å². The molecule has 0 saturated carbocycles. The average Bonchev–Trinajstić information content (AvgIpc) is 2.85. The largest absolute Gasteiger partial charge is 0.497 e. The lowest BCUT2D eigenvalue weighted by Crippen LogP contribution is -2.18.